The summed E-state index contributed by atoms with van der Waals surface area (Å²) in [6.07, 6.45) is 4.58. The van der Waals surface area contributed by atoms with Crippen LogP contribution in [0.1, 0.15) is 20.3 Å². The Balaban J connectivity index is 0.00000120. The molecule has 0 spiro atoms. The number of halogens is 1. The van der Waals surface area contributed by atoms with Gasteiger partial charge in [-0.3, -0.25) is 0 Å². The number of aromatic amines is 1. The number of aromatic nitrogens is 4. The number of nitrogens with one attached hydrogen (secondary N) is 1. The first-order valence-corrected chi connectivity index (χ1v) is 6.13. The maximum atomic E-state index is 4.42. The molecule has 1 saturated heterocycles. The van der Waals surface area contributed by atoms with Gasteiger partial charge in [0.15, 0.2) is 11.5 Å². The molecule has 0 saturated carbocycles. The minimum absolute atomic E-state index is 0. The highest BCUT2D eigenvalue weighted by Gasteiger charge is 2.24. The third kappa shape index (κ3) is 2.27. The lowest BCUT2D eigenvalue weighted by molar-refractivity contribution is 0.355. The zero-order valence-electron chi connectivity index (χ0n) is 10.6. The minimum atomic E-state index is 0. The fourth-order valence-electron chi connectivity index (χ4n) is 2.83. The van der Waals surface area contributed by atoms with Crippen LogP contribution in [0.5, 0.6) is 0 Å². The van der Waals surface area contributed by atoms with Crippen LogP contribution in [0.15, 0.2) is 12.7 Å². The van der Waals surface area contributed by atoms with Gasteiger partial charge in [-0.25, -0.2) is 15.0 Å². The number of H-pyrrole nitrogens is 1. The van der Waals surface area contributed by atoms with E-state index in [1.54, 1.807) is 12.7 Å². The second-order valence-corrected chi connectivity index (χ2v) is 5.15. The molecule has 1 aliphatic heterocycles. The summed E-state index contributed by atoms with van der Waals surface area (Å²) in [4.78, 5) is 18.2. The average molecular weight is 268 g/mol. The van der Waals surface area contributed by atoms with Gasteiger partial charge < -0.3 is 9.88 Å². The molecule has 0 amide bonds. The molecule has 1 N–H and O–H groups in total. The van der Waals surface area contributed by atoms with E-state index >= 15 is 0 Å². The molecule has 5 nitrogen and oxygen atoms in total. The van der Waals surface area contributed by atoms with Crippen molar-refractivity contribution in [2.45, 2.75) is 20.3 Å². The van der Waals surface area contributed by atoms with Crippen LogP contribution in [0.25, 0.3) is 11.2 Å². The van der Waals surface area contributed by atoms with Crippen molar-refractivity contribution >= 4 is 29.4 Å². The van der Waals surface area contributed by atoms with Crippen LogP contribution in [0.3, 0.4) is 0 Å². The molecule has 0 aliphatic carbocycles. The Labute approximate surface area is 112 Å². The van der Waals surface area contributed by atoms with Gasteiger partial charge in [0.05, 0.1) is 6.33 Å². The van der Waals surface area contributed by atoms with E-state index in [-0.39, 0.29) is 12.4 Å². The Bertz CT molecular complexity index is 516. The molecule has 6 heteroatoms. The predicted molar refractivity (Wildman–Crippen MR) is 74.1 cm³/mol. The predicted octanol–water partition coefficient (Wildman–Crippen LogP) is 2.26. The van der Waals surface area contributed by atoms with E-state index in [1.807, 2.05) is 0 Å². The molecule has 18 heavy (non-hydrogen) atoms. The fourth-order valence-corrected chi connectivity index (χ4v) is 2.83. The van der Waals surface area contributed by atoms with Crippen LogP contribution in [-0.2, 0) is 0 Å². The summed E-state index contributed by atoms with van der Waals surface area (Å²) in [5.74, 6) is 2.42. The van der Waals surface area contributed by atoms with Crippen molar-refractivity contribution in [3.8, 4) is 0 Å². The molecule has 2 unspecified atom stereocenters. The Morgan fingerprint density at radius 1 is 1.17 bits per heavy atom. The summed E-state index contributed by atoms with van der Waals surface area (Å²) in [6.45, 7) is 6.73. The van der Waals surface area contributed by atoms with E-state index in [9.17, 15) is 0 Å². The van der Waals surface area contributed by atoms with Gasteiger partial charge in [-0.1, -0.05) is 13.8 Å². The first-order chi connectivity index (χ1) is 8.24. The highest BCUT2D eigenvalue weighted by molar-refractivity contribution is 5.85. The number of hydrogen-bond donors (Lipinski definition) is 1. The Hall–Kier alpha value is -1.36. The third-order valence-corrected chi connectivity index (χ3v) is 3.37. The monoisotopic (exact) mass is 267 g/mol. The molecular formula is C12H18ClN5. The summed E-state index contributed by atoms with van der Waals surface area (Å²) in [6, 6.07) is 0. The standard InChI is InChI=1S/C12H17N5.ClH/c1-8-3-9(2)5-17(4-8)12-10-11(14-6-13-10)15-7-16-12;/h6-9H,3-5H2,1-2H3,(H,13,14,15,16);1H. The van der Waals surface area contributed by atoms with Gasteiger partial charge in [-0.2, -0.15) is 0 Å². The largest absolute Gasteiger partial charge is 0.354 e. The number of imidazole rings is 1. The van der Waals surface area contributed by atoms with Crippen molar-refractivity contribution < 1.29 is 0 Å². The average Bonchev–Trinajstić information content (AvgIpc) is 2.75. The van der Waals surface area contributed by atoms with E-state index in [2.05, 4.69) is 38.7 Å². The highest BCUT2D eigenvalue weighted by atomic mass is 35.5. The number of hydrogen-bond acceptors (Lipinski definition) is 4. The lowest BCUT2D eigenvalue weighted by Gasteiger charge is -2.35. The van der Waals surface area contributed by atoms with E-state index in [1.165, 1.54) is 6.42 Å². The molecule has 1 aliphatic rings. The molecule has 2 aromatic rings. The first kappa shape index (κ1) is 13.1. The molecule has 0 aromatic carbocycles. The quantitative estimate of drug-likeness (QED) is 0.861. The zero-order valence-corrected chi connectivity index (χ0v) is 11.4. The summed E-state index contributed by atoms with van der Waals surface area (Å²) >= 11 is 0. The van der Waals surface area contributed by atoms with E-state index in [0.29, 0.717) is 11.8 Å². The van der Waals surface area contributed by atoms with Crippen LogP contribution in [0, 0.1) is 11.8 Å². The highest BCUT2D eigenvalue weighted by Crippen LogP contribution is 2.27. The van der Waals surface area contributed by atoms with Crippen molar-refractivity contribution in [2.24, 2.45) is 11.8 Å². The zero-order chi connectivity index (χ0) is 11.8. The molecular weight excluding hydrogens is 250 g/mol. The number of piperidine rings is 1. The van der Waals surface area contributed by atoms with Crippen molar-refractivity contribution in [2.75, 3.05) is 18.0 Å². The lowest BCUT2D eigenvalue weighted by Crippen LogP contribution is -2.39. The normalized spacial score (nSPS) is 24.0. The Morgan fingerprint density at radius 3 is 2.61 bits per heavy atom. The molecule has 3 rings (SSSR count). The molecule has 0 radical (unpaired) electrons. The van der Waals surface area contributed by atoms with Crippen LogP contribution < -0.4 is 4.90 Å². The van der Waals surface area contributed by atoms with Crippen LogP contribution >= 0.6 is 12.4 Å². The van der Waals surface area contributed by atoms with E-state index in [0.717, 1.165) is 30.1 Å². The van der Waals surface area contributed by atoms with Crippen LogP contribution in [0.2, 0.25) is 0 Å². The molecule has 2 atom stereocenters. The fraction of sp³-hybridized carbons (Fsp3) is 0.583. The number of anilines is 1. The van der Waals surface area contributed by atoms with Gasteiger partial charge in [0.1, 0.15) is 11.8 Å². The Kier molecular flexibility index (Phi) is 3.71. The molecule has 0 bridgehead atoms. The smallest absolute Gasteiger partial charge is 0.182 e. The third-order valence-electron chi connectivity index (χ3n) is 3.37. The lowest BCUT2D eigenvalue weighted by atomic mass is 9.92. The second-order valence-electron chi connectivity index (χ2n) is 5.15. The van der Waals surface area contributed by atoms with Crippen molar-refractivity contribution in [1.82, 2.24) is 19.9 Å². The van der Waals surface area contributed by atoms with Gasteiger partial charge in [0.2, 0.25) is 0 Å². The van der Waals surface area contributed by atoms with Gasteiger partial charge in [0, 0.05) is 13.1 Å². The minimum Gasteiger partial charge on any atom is -0.354 e. The summed E-state index contributed by atoms with van der Waals surface area (Å²) in [7, 11) is 0. The molecule has 2 aromatic heterocycles. The van der Waals surface area contributed by atoms with Gasteiger partial charge in [-0.15, -0.1) is 12.4 Å². The molecule has 98 valence electrons. The van der Waals surface area contributed by atoms with Crippen molar-refractivity contribution in [3.05, 3.63) is 12.7 Å². The van der Waals surface area contributed by atoms with Crippen LogP contribution in [-0.4, -0.2) is 33.0 Å². The van der Waals surface area contributed by atoms with Gasteiger partial charge in [0.25, 0.3) is 0 Å². The Morgan fingerprint density at radius 2 is 1.89 bits per heavy atom. The van der Waals surface area contributed by atoms with E-state index < -0.39 is 0 Å². The number of nitrogens with zero attached hydrogens (tertiary/aromatic N) is 4. The van der Waals surface area contributed by atoms with Crippen LogP contribution in [0.4, 0.5) is 5.82 Å². The SMILES string of the molecule is CC1CC(C)CN(c2ncnc3nc[nH]c23)C1.Cl. The summed E-state index contributed by atoms with van der Waals surface area (Å²) < 4.78 is 0. The maximum Gasteiger partial charge on any atom is 0.182 e. The van der Waals surface area contributed by atoms with Gasteiger partial charge >= 0.3 is 0 Å². The summed E-state index contributed by atoms with van der Waals surface area (Å²) in [5, 5.41) is 0. The van der Waals surface area contributed by atoms with Crippen molar-refractivity contribution in [3.63, 3.8) is 0 Å². The first-order valence-electron chi connectivity index (χ1n) is 6.13. The van der Waals surface area contributed by atoms with Gasteiger partial charge in [-0.05, 0) is 18.3 Å². The molecule has 3 heterocycles. The maximum absolute atomic E-state index is 4.42. The number of rotatable bonds is 1. The second kappa shape index (κ2) is 5.10. The van der Waals surface area contributed by atoms with Crippen molar-refractivity contribution in [1.29, 1.82) is 0 Å². The van der Waals surface area contributed by atoms with E-state index in [4.69, 9.17) is 0 Å². The summed E-state index contributed by atoms with van der Waals surface area (Å²) in [5.41, 5.74) is 1.70. The number of fused-ring (bicyclic) bond motifs is 1. The molecule has 1 fully saturated rings. The topological polar surface area (TPSA) is 57.7 Å².